The fourth-order valence-electron chi connectivity index (χ4n) is 2.73. The Hall–Kier alpha value is -2.13. The number of rotatable bonds is 5. The second-order valence-electron chi connectivity index (χ2n) is 6.01. The van der Waals surface area contributed by atoms with Gasteiger partial charge in [0.25, 0.3) is 0 Å². The number of pyridine rings is 1. The Balaban J connectivity index is 1.62. The summed E-state index contributed by atoms with van der Waals surface area (Å²) in [6.45, 7) is 0.971. The number of benzene rings is 1. The van der Waals surface area contributed by atoms with E-state index in [9.17, 15) is 21.6 Å². The van der Waals surface area contributed by atoms with Crippen LogP contribution in [0.3, 0.4) is 0 Å². The minimum Gasteiger partial charge on any atom is -0.370 e. The largest absolute Gasteiger partial charge is 0.416 e. The highest BCUT2D eigenvalue weighted by Gasteiger charge is 2.30. The average Bonchev–Trinajstić information content (AvgIpc) is 2.61. The molecule has 26 heavy (non-hydrogen) atoms. The highest BCUT2D eigenvalue weighted by Crippen LogP contribution is 2.29. The van der Waals surface area contributed by atoms with Gasteiger partial charge in [-0.05, 0) is 48.7 Å². The number of alkyl halides is 3. The lowest BCUT2D eigenvalue weighted by Crippen LogP contribution is -2.26. The van der Waals surface area contributed by atoms with Gasteiger partial charge in [-0.3, -0.25) is 0 Å². The molecule has 9 heteroatoms. The first-order valence-electron chi connectivity index (χ1n) is 8.15. The summed E-state index contributed by atoms with van der Waals surface area (Å²) < 4.78 is 64.4. The van der Waals surface area contributed by atoms with Crippen LogP contribution in [-0.2, 0) is 29.0 Å². The molecular formula is C17H18F3N3O2S. The normalized spacial score (nSPS) is 14.6. The summed E-state index contributed by atoms with van der Waals surface area (Å²) >= 11 is 0. The van der Waals surface area contributed by atoms with Gasteiger partial charge in [0, 0.05) is 25.2 Å². The second-order valence-corrected chi connectivity index (χ2v) is 7.78. The smallest absolute Gasteiger partial charge is 0.370 e. The van der Waals surface area contributed by atoms with E-state index < -0.39 is 21.8 Å². The molecule has 2 aromatic rings. The van der Waals surface area contributed by atoms with E-state index >= 15 is 0 Å². The zero-order chi connectivity index (χ0) is 18.8. The van der Waals surface area contributed by atoms with E-state index in [1.54, 1.807) is 0 Å². The van der Waals surface area contributed by atoms with Crippen LogP contribution < -0.4 is 10.0 Å². The van der Waals surface area contributed by atoms with Gasteiger partial charge in [0.15, 0.2) is 0 Å². The predicted octanol–water partition coefficient (Wildman–Crippen LogP) is 2.98. The Morgan fingerprint density at radius 3 is 2.54 bits per heavy atom. The summed E-state index contributed by atoms with van der Waals surface area (Å²) in [6, 6.07) is 7.25. The molecule has 0 radical (unpaired) electrons. The Bertz CT molecular complexity index is 881. The van der Waals surface area contributed by atoms with E-state index in [2.05, 4.69) is 15.0 Å². The number of nitrogens with zero attached hydrogens (tertiary/aromatic N) is 1. The van der Waals surface area contributed by atoms with Crippen molar-refractivity contribution in [2.75, 3.05) is 18.4 Å². The Kier molecular flexibility index (Phi) is 5.19. The van der Waals surface area contributed by atoms with Gasteiger partial charge < -0.3 is 5.32 Å². The van der Waals surface area contributed by atoms with E-state index in [4.69, 9.17) is 0 Å². The van der Waals surface area contributed by atoms with Gasteiger partial charge in [0.2, 0.25) is 10.0 Å². The second kappa shape index (κ2) is 7.24. The van der Waals surface area contributed by atoms with Gasteiger partial charge in [-0.2, -0.15) is 13.2 Å². The molecule has 140 valence electrons. The first kappa shape index (κ1) is 18.7. The first-order valence-corrected chi connectivity index (χ1v) is 9.64. The molecule has 2 N–H and O–H groups in total. The third kappa shape index (κ3) is 4.34. The lowest BCUT2D eigenvalue weighted by Gasteiger charge is -2.17. The molecule has 1 aliphatic rings. The fraction of sp³-hybridized carbons (Fsp3) is 0.353. The third-order valence-corrected chi connectivity index (χ3v) is 5.59. The minimum atomic E-state index is -4.50. The molecular weight excluding hydrogens is 367 g/mol. The molecule has 0 fully saturated rings. The molecule has 0 saturated heterocycles. The zero-order valence-electron chi connectivity index (χ0n) is 13.8. The SMILES string of the molecule is O=S(=O)(NCCc1ccc2c(n1)NCCC2)c1ccc(C(F)(F)F)cc1. The quantitative estimate of drug-likeness (QED) is 0.830. The van der Waals surface area contributed by atoms with E-state index in [-0.39, 0.29) is 11.4 Å². The molecule has 0 saturated carbocycles. The number of hydrogen-bond acceptors (Lipinski definition) is 4. The van der Waals surface area contributed by atoms with Crippen LogP contribution >= 0.6 is 0 Å². The maximum Gasteiger partial charge on any atom is 0.416 e. The van der Waals surface area contributed by atoms with Crippen LogP contribution in [0.5, 0.6) is 0 Å². The van der Waals surface area contributed by atoms with Crippen molar-refractivity contribution < 1.29 is 21.6 Å². The van der Waals surface area contributed by atoms with Crippen molar-refractivity contribution in [2.45, 2.75) is 30.3 Å². The van der Waals surface area contributed by atoms with E-state index in [1.165, 1.54) is 0 Å². The Morgan fingerprint density at radius 2 is 1.85 bits per heavy atom. The number of aryl methyl sites for hydroxylation is 1. The van der Waals surface area contributed by atoms with E-state index in [0.717, 1.165) is 60.7 Å². The molecule has 0 bridgehead atoms. The van der Waals surface area contributed by atoms with Crippen LogP contribution in [0.4, 0.5) is 19.0 Å². The molecule has 0 aliphatic carbocycles. The number of hydrogen-bond donors (Lipinski definition) is 2. The highest BCUT2D eigenvalue weighted by atomic mass is 32.2. The minimum absolute atomic E-state index is 0.106. The van der Waals surface area contributed by atoms with Crippen LogP contribution in [0.1, 0.15) is 23.2 Å². The lowest BCUT2D eigenvalue weighted by atomic mass is 10.1. The number of sulfonamides is 1. The summed E-state index contributed by atoms with van der Waals surface area (Å²) in [5.41, 5.74) is 1.00. The molecule has 2 heterocycles. The fourth-order valence-corrected chi connectivity index (χ4v) is 3.76. The summed E-state index contributed by atoms with van der Waals surface area (Å²) in [5, 5.41) is 3.21. The number of anilines is 1. The van der Waals surface area contributed by atoms with Crippen LogP contribution in [0.2, 0.25) is 0 Å². The summed E-state index contributed by atoms with van der Waals surface area (Å²) in [7, 11) is -3.87. The Morgan fingerprint density at radius 1 is 1.12 bits per heavy atom. The third-order valence-electron chi connectivity index (χ3n) is 4.12. The summed E-state index contributed by atoms with van der Waals surface area (Å²) in [4.78, 5) is 4.27. The van der Waals surface area contributed by atoms with Crippen molar-refractivity contribution in [3.8, 4) is 0 Å². The maximum absolute atomic E-state index is 12.5. The van der Waals surface area contributed by atoms with Crippen LogP contribution in [0.25, 0.3) is 0 Å². The molecule has 0 atom stereocenters. The van der Waals surface area contributed by atoms with Gasteiger partial charge in [-0.1, -0.05) is 6.07 Å². The van der Waals surface area contributed by atoms with Crippen molar-refractivity contribution in [1.82, 2.24) is 9.71 Å². The average molecular weight is 385 g/mol. The predicted molar refractivity (Wildman–Crippen MR) is 91.4 cm³/mol. The van der Waals surface area contributed by atoms with Crippen molar-refractivity contribution in [3.05, 3.63) is 53.2 Å². The number of halogens is 3. The van der Waals surface area contributed by atoms with Crippen molar-refractivity contribution in [2.24, 2.45) is 0 Å². The number of nitrogens with one attached hydrogen (secondary N) is 2. The molecule has 3 rings (SSSR count). The standard InChI is InChI=1S/C17H18F3N3O2S/c18-17(19,20)13-4-7-15(8-5-13)26(24,25)22-11-9-14-6-3-12-2-1-10-21-16(12)23-14/h3-8,22H,1-2,9-11H2,(H,21,23). The van der Waals surface area contributed by atoms with Crippen molar-refractivity contribution in [1.29, 1.82) is 0 Å². The van der Waals surface area contributed by atoms with Gasteiger partial charge >= 0.3 is 6.18 Å². The van der Waals surface area contributed by atoms with Crippen LogP contribution in [0.15, 0.2) is 41.3 Å². The lowest BCUT2D eigenvalue weighted by molar-refractivity contribution is -0.137. The molecule has 5 nitrogen and oxygen atoms in total. The maximum atomic E-state index is 12.5. The van der Waals surface area contributed by atoms with E-state index in [0.29, 0.717) is 6.42 Å². The summed E-state index contributed by atoms with van der Waals surface area (Å²) in [6.07, 6.45) is -2.09. The zero-order valence-corrected chi connectivity index (χ0v) is 14.6. The van der Waals surface area contributed by atoms with Crippen LogP contribution in [0, 0.1) is 0 Å². The molecule has 0 unspecified atom stereocenters. The van der Waals surface area contributed by atoms with Gasteiger partial charge in [-0.25, -0.2) is 18.1 Å². The van der Waals surface area contributed by atoms with Crippen LogP contribution in [-0.4, -0.2) is 26.5 Å². The first-order chi connectivity index (χ1) is 12.3. The topological polar surface area (TPSA) is 71.1 Å². The van der Waals surface area contributed by atoms with Gasteiger partial charge in [0.05, 0.1) is 10.5 Å². The van der Waals surface area contributed by atoms with Crippen molar-refractivity contribution >= 4 is 15.8 Å². The Labute approximate surface area is 149 Å². The van der Waals surface area contributed by atoms with Gasteiger partial charge in [0.1, 0.15) is 5.82 Å². The van der Waals surface area contributed by atoms with E-state index in [1.807, 2.05) is 12.1 Å². The molecule has 0 spiro atoms. The number of fused-ring (bicyclic) bond motifs is 1. The molecule has 1 aromatic heterocycles. The summed E-state index contributed by atoms with van der Waals surface area (Å²) in [5.74, 6) is 0.833. The molecule has 0 amide bonds. The van der Waals surface area contributed by atoms with Crippen molar-refractivity contribution in [3.63, 3.8) is 0 Å². The molecule has 1 aromatic carbocycles. The highest BCUT2D eigenvalue weighted by molar-refractivity contribution is 7.89. The number of aromatic nitrogens is 1. The van der Waals surface area contributed by atoms with Gasteiger partial charge in [-0.15, -0.1) is 0 Å². The monoisotopic (exact) mass is 385 g/mol. The molecule has 1 aliphatic heterocycles.